The molecule has 0 atom stereocenters. The van der Waals surface area contributed by atoms with Crippen molar-refractivity contribution in [2.45, 2.75) is 12.7 Å². The molecule has 2 nitrogen and oxygen atoms in total. The summed E-state index contributed by atoms with van der Waals surface area (Å²) in [6.07, 6.45) is 0.827. The topological polar surface area (TPSA) is 18.5 Å². The zero-order valence-electron chi connectivity index (χ0n) is 8.31. The molecular weight excluding hydrogens is 208 g/mol. The lowest BCUT2D eigenvalue weighted by Gasteiger charge is -2.23. The molecule has 2 aromatic rings. The molecule has 0 saturated carbocycles. The van der Waals surface area contributed by atoms with Gasteiger partial charge in [-0.05, 0) is 23.9 Å². The summed E-state index contributed by atoms with van der Waals surface area (Å²) in [4.78, 5) is 0. The van der Waals surface area contributed by atoms with Crippen molar-refractivity contribution in [3.05, 3.63) is 35.2 Å². The highest BCUT2D eigenvalue weighted by Gasteiger charge is 2.18. The first-order chi connectivity index (χ1) is 7.45. The molecule has 2 heterocycles. The van der Waals surface area contributed by atoms with E-state index in [0.717, 1.165) is 25.2 Å². The summed E-state index contributed by atoms with van der Waals surface area (Å²) >= 11 is 1.75. The summed E-state index contributed by atoms with van der Waals surface area (Å²) in [5.41, 5.74) is 1.16. The average molecular weight is 220 g/mol. The zero-order chi connectivity index (χ0) is 10.1. The molecule has 0 radical (unpaired) electrons. The minimum atomic E-state index is -0.169. The monoisotopic (exact) mass is 220 g/mol. The molecule has 0 amide bonds. The van der Waals surface area contributed by atoms with Gasteiger partial charge in [-0.3, -0.25) is 0 Å². The fraction of sp³-hybridized carbons (Fsp3) is 0.333. The van der Waals surface area contributed by atoms with Crippen LogP contribution in [0.15, 0.2) is 29.6 Å². The van der Waals surface area contributed by atoms with E-state index in [1.807, 2.05) is 0 Å². The van der Waals surface area contributed by atoms with Gasteiger partial charge in [-0.1, -0.05) is 12.1 Å². The standard InChI is InChI=1S/C12H12O2S/c1-3-10(12-13-6-2-7-14-12)9-5-8-15-11(9)4-1/h1,3-5,8,12H,2,6-7H2. The Kier molecular flexibility index (Phi) is 2.44. The Balaban J connectivity index is 2.05. The molecule has 15 heavy (non-hydrogen) atoms. The van der Waals surface area contributed by atoms with Crippen LogP contribution >= 0.6 is 11.3 Å². The maximum atomic E-state index is 5.62. The fourth-order valence-corrected chi connectivity index (χ4v) is 2.71. The van der Waals surface area contributed by atoms with Crippen LogP contribution in [0.3, 0.4) is 0 Å². The molecule has 0 unspecified atom stereocenters. The Morgan fingerprint density at radius 3 is 2.87 bits per heavy atom. The number of thiophene rings is 1. The molecule has 1 aromatic heterocycles. The number of rotatable bonds is 1. The van der Waals surface area contributed by atoms with E-state index >= 15 is 0 Å². The molecule has 78 valence electrons. The number of benzene rings is 1. The van der Waals surface area contributed by atoms with Gasteiger partial charge in [0.1, 0.15) is 0 Å². The molecule has 0 bridgehead atoms. The van der Waals surface area contributed by atoms with Crippen LogP contribution in [0, 0.1) is 0 Å². The quantitative estimate of drug-likeness (QED) is 0.734. The van der Waals surface area contributed by atoms with Crippen molar-refractivity contribution in [2.75, 3.05) is 13.2 Å². The third-order valence-electron chi connectivity index (χ3n) is 2.61. The highest BCUT2D eigenvalue weighted by molar-refractivity contribution is 7.17. The second-order valence-corrected chi connectivity index (χ2v) is 4.55. The molecule has 0 spiro atoms. The smallest absolute Gasteiger partial charge is 0.184 e. The van der Waals surface area contributed by atoms with Gasteiger partial charge in [0.2, 0.25) is 0 Å². The van der Waals surface area contributed by atoms with E-state index in [1.54, 1.807) is 11.3 Å². The van der Waals surface area contributed by atoms with Crippen molar-refractivity contribution >= 4 is 21.4 Å². The highest BCUT2D eigenvalue weighted by Crippen LogP contribution is 2.31. The van der Waals surface area contributed by atoms with E-state index in [9.17, 15) is 0 Å². The van der Waals surface area contributed by atoms with Crippen molar-refractivity contribution in [1.82, 2.24) is 0 Å². The normalized spacial score (nSPS) is 18.4. The second-order valence-electron chi connectivity index (χ2n) is 3.61. The van der Waals surface area contributed by atoms with Crippen molar-refractivity contribution in [1.29, 1.82) is 0 Å². The van der Waals surface area contributed by atoms with Gasteiger partial charge in [0, 0.05) is 15.6 Å². The third kappa shape index (κ3) is 1.67. The van der Waals surface area contributed by atoms with Gasteiger partial charge >= 0.3 is 0 Å². The van der Waals surface area contributed by atoms with Gasteiger partial charge in [0.05, 0.1) is 13.2 Å². The lowest BCUT2D eigenvalue weighted by atomic mass is 10.1. The van der Waals surface area contributed by atoms with Crippen LogP contribution in [-0.2, 0) is 9.47 Å². The molecule has 3 heteroatoms. The van der Waals surface area contributed by atoms with Gasteiger partial charge in [-0.15, -0.1) is 11.3 Å². The molecule has 1 fully saturated rings. The maximum absolute atomic E-state index is 5.62. The predicted octanol–water partition coefficient (Wildman–Crippen LogP) is 3.34. The van der Waals surface area contributed by atoms with E-state index in [0.29, 0.717) is 0 Å². The summed E-state index contributed by atoms with van der Waals surface area (Å²) in [5, 5.41) is 3.37. The minimum absolute atomic E-state index is 0.169. The first kappa shape index (κ1) is 9.33. The highest BCUT2D eigenvalue weighted by atomic mass is 32.1. The average Bonchev–Trinajstić information content (AvgIpc) is 2.78. The van der Waals surface area contributed by atoms with E-state index < -0.39 is 0 Å². The first-order valence-corrected chi connectivity index (χ1v) is 6.02. The van der Waals surface area contributed by atoms with Crippen LogP contribution in [0.4, 0.5) is 0 Å². The van der Waals surface area contributed by atoms with Gasteiger partial charge in [-0.2, -0.15) is 0 Å². The third-order valence-corrected chi connectivity index (χ3v) is 3.49. The maximum Gasteiger partial charge on any atom is 0.184 e. The van der Waals surface area contributed by atoms with Crippen LogP contribution in [0.2, 0.25) is 0 Å². The number of fused-ring (bicyclic) bond motifs is 1. The molecule has 0 aliphatic carbocycles. The molecular formula is C12H12O2S. The lowest BCUT2D eigenvalue weighted by Crippen LogP contribution is -2.17. The van der Waals surface area contributed by atoms with Crippen LogP contribution in [-0.4, -0.2) is 13.2 Å². The van der Waals surface area contributed by atoms with Crippen LogP contribution in [0.5, 0.6) is 0 Å². The summed E-state index contributed by atoms with van der Waals surface area (Å²) < 4.78 is 12.5. The Hall–Kier alpha value is -0.900. The molecule has 0 N–H and O–H groups in total. The SMILES string of the molecule is c1cc(C2OCCCO2)c2ccsc2c1. The van der Waals surface area contributed by atoms with Crippen LogP contribution < -0.4 is 0 Å². The number of ether oxygens (including phenoxy) is 2. The largest absolute Gasteiger partial charge is 0.348 e. The molecule has 1 aromatic carbocycles. The van der Waals surface area contributed by atoms with E-state index in [2.05, 4.69) is 29.6 Å². The fourth-order valence-electron chi connectivity index (χ4n) is 1.89. The number of hydrogen-bond donors (Lipinski definition) is 0. The molecule has 3 rings (SSSR count). The second kappa shape index (κ2) is 3.93. The predicted molar refractivity (Wildman–Crippen MR) is 61.1 cm³/mol. The number of hydrogen-bond acceptors (Lipinski definition) is 3. The Morgan fingerprint density at radius 1 is 1.13 bits per heavy atom. The van der Waals surface area contributed by atoms with Crippen molar-refractivity contribution in [3.63, 3.8) is 0 Å². The van der Waals surface area contributed by atoms with Crippen molar-refractivity contribution in [3.8, 4) is 0 Å². The lowest BCUT2D eigenvalue weighted by molar-refractivity contribution is -0.182. The van der Waals surface area contributed by atoms with Gasteiger partial charge in [0.25, 0.3) is 0 Å². The van der Waals surface area contributed by atoms with E-state index in [4.69, 9.17) is 9.47 Å². The van der Waals surface area contributed by atoms with E-state index in [1.165, 1.54) is 10.1 Å². The summed E-state index contributed by atoms with van der Waals surface area (Å²) in [7, 11) is 0. The van der Waals surface area contributed by atoms with Crippen molar-refractivity contribution in [2.24, 2.45) is 0 Å². The van der Waals surface area contributed by atoms with Crippen LogP contribution in [0.1, 0.15) is 18.3 Å². The summed E-state index contributed by atoms with van der Waals surface area (Å²) in [5.74, 6) is 0. The molecule has 1 aliphatic heterocycles. The van der Waals surface area contributed by atoms with Gasteiger partial charge in [0.15, 0.2) is 6.29 Å². The molecule has 1 saturated heterocycles. The Labute approximate surface area is 92.4 Å². The van der Waals surface area contributed by atoms with Gasteiger partial charge < -0.3 is 9.47 Å². The Bertz CT molecular complexity index is 457. The van der Waals surface area contributed by atoms with E-state index in [-0.39, 0.29) is 6.29 Å². The first-order valence-electron chi connectivity index (χ1n) is 5.14. The van der Waals surface area contributed by atoms with Crippen molar-refractivity contribution < 1.29 is 9.47 Å². The van der Waals surface area contributed by atoms with Crippen LogP contribution in [0.25, 0.3) is 10.1 Å². The minimum Gasteiger partial charge on any atom is -0.348 e. The molecule has 1 aliphatic rings. The van der Waals surface area contributed by atoms with Gasteiger partial charge in [-0.25, -0.2) is 0 Å². The Morgan fingerprint density at radius 2 is 2.00 bits per heavy atom. The summed E-state index contributed by atoms with van der Waals surface area (Å²) in [6, 6.07) is 8.42. The zero-order valence-corrected chi connectivity index (χ0v) is 9.13. The summed E-state index contributed by atoms with van der Waals surface area (Å²) in [6.45, 7) is 1.59.